The van der Waals surface area contributed by atoms with E-state index >= 15 is 0 Å². The molecule has 0 unspecified atom stereocenters. The summed E-state index contributed by atoms with van der Waals surface area (Å²) in [5, 5.41) is 17.4. The van der Waals surface area contributed by atoms with Gasteiger partial charge in [0.1, 0.15) is 6.61 Å². The van der Waals surface area contributed by atoms with Crippen LogP contribution in [0.15, 0.2) is 48.5 Å². The molecule has 0 aliphatic carbocycles. The summed E-state index contributed by atoms with van der Waals surface area (Å²) in [6.07, 6.45) is 0.310. The van der Waals surface area contributed by atoms with Crippen molar-refractivity contribution in [2.45, 2.75) is 25.9 Å². The minimum atomic E-state index is -1.01. The molecule has 0 atom stereocenters. The van der Waals surface area contributed by atoms with Crippen molar-refractivity contribution in [2.24, 2.45) is 0 Å². The summed E-state index contributed by atoms with van der Waals surface area (Å²) in [6.45, 7) is 0.271. The van der Waals surface area contributed by atoms with Gasteiger partial charge in [0.25, 0.3) is 0 Å². The molecular weight excluding hydrogens is 308 g/mol. The monoisotopic (exact) mass is 328 g/mol. The van der Waals surface area contributed by atoms with Crippen molar-refractivity contribution in [1.29, 1.82) is 0 Å². The van der Waals surface area contributed by atoms with E-state index in [1.54, 1.807) is 0 Å². The van der Waals surface area contributed by atoms with Gasteiger partial charge in [-0.2, -0.15) is 0 Å². The molecular formula is C19H20O5. The molecule has 0 saturated heterocycles. The predicted octanol–water partition coefficient (Wildman–Crippen LogP) is 2.80. The zero-order valence-corrected chi connectivity index (χ0v) is 13.3. The first kappa shape index (κ1) is 17.7. The summed E-state index contributed by atoms with van der Waals surface area (Å²) >= 11 is 0. The highest BCUT2D eigenvalue weighted by Crippen LogP contribution is 2.21. The van der Waals surface area contributed by atoms with E-state index in [1.807, 2.05) is 48.5 Å². The molecule has 0 aliphatic heterocycles. The van der Waals surface area contributed by atoms with Crippen molar-refractivity contribution in [3.05, 3.63) is 59.7 Å². The van der Waals surface area contributed by atoms with Gasteiger partial charge in [0.2, 0.25) is 0 Å². The molecule has 126 valence electrons. The molecule has 0 spiro atoms. The Morgan fingerprint density at radius 3 is 1.88 bits per heavy atom. The van der Waals surface area contributed by atoms with Gasteiger partial charge in [-0.25, -0.2) is 0 Å². The number of rotatable bonds is 8. The second-order valence-electron chi connectivity index (χ2n) is 5.42. The van der Waals surface area contributed by atoms with Crippen LogP contribution in [0.2, 0.25) is 0 Å². The van der Waals surface area contributed by atoms with Gasteiger partial charge in [-0.15, -0.1) is 0 Å². The maximum Gasteiger partial charge on any atom is 0.306 e. The number of aliphatic carboxylic acids is 1. The Labute approximate surface area is 140 Å². The van der Waals surface area contributed by atoms with E-state index in [4.69, 9.17) is 14.9 Å². The van der Waals surface area contributed by atoms with E-state index in [1.165, 1.54) is 0 Å². The predicted molar refractivity (Wildman–Crippen MR) is 89.3 cm³/mol. The third-order valence-corrected chi connectivity index (χ3v) is 3.58. The van der Waals surface area contributed by atoms with E-state index < -0.39 is 11.9 Å². The fourth-order valence-electron chi connectivity index (χ4n) is 2.23. The van der Waals surface area contributed by atoms with Crippen molar-refractivity contribution in [3.8, 4) is 11.1 Å². The number of carbonyl (C=O) groups is 2. The third kappa shape index (κ3) is 5.52. The van der Waals surface area contributed by atoms with Crippen LogP contribution in [0.25, 0.3) is 11.1 Å². The molecule has 0 fully saturated rings. The van der Waals surface area contributed by atoms with Crippen molar-refractivity contribution in [1.82, 2.24) is 0 Å². The molecule has 0 heterocycles. The lowest BCUT2D eigenvalue weighted by Crippen LogP contribution is -2.07. The maximum absolute atomic E-state index is 11.4. The molecule has 0 amide bonds. The topological polar surface area (TPSA) is 83.8 Å². The van der Waals surface area contributed by atoms with Gasteiger partial charge in [-0.3, -0.25) is 9.59 Å². The fourth-order valence-corrected chi connectivity index (χ4v) is 2.23. The number of carboxylic acid groups (broad SMARTS) is 1. The quantitative estimate of drug-likeness (QED) is 0.728. The van der Waals surface area contributed by atoms with Gasteiger partial charge >= 0.3 is 11.9 Å². The van der Waals surface area contributed by atoms with Crippen molar-refractivity contribution in [3.63, 3.8) is 0 Å². The zero-order valence-electron chi connectivity index (χ0n) is 13.3. The average Bonchev–Trinajstić information content (AvgIpc) is 2.59. The van der Waals surface area contributed by atoms with Gasteiger partial charge in [-0.1, -0.05) is 48.5 Å². The zero-order chi connectivity index (χ0) is 17.4. The minimum absolute atomic E-state index is 0.117. The molecule has 2 N–H and O–H groups in total. The Morgan fingerprint density at radius 1 is 0.833 bits per heavy atom. The lowest BCUT2D eigenvalue weighted by molar-refractivity contribution is -0.148. The average molecular weight is 328 g/mol. The van der Waals surface area contributed by atoms with Gasteiger partial charge in [0, 0.05) is 6.61 Å². The van der Waals surface area contributed by atoms with E-state index in [-0.39, 0.29) is 26.1 Å². The Morgan fingerprint density at radius 2 is 1.38 bits per heavy atom. The van der Waals surface area contributed by atoms with Crippen LogP contribution in [0.1, 0.15) is 24.0 Å². The standard InChI is InChI=1S/C19H20O5/c20-12-11-14-1-5-16(6-2-14)17-7-3-15(4-8-17)13-24-19(23)10-9-18(21)22/h1-8,20H,9-13H2,(H,21,22). The Bertz CT molecular complexity index is 674. The first-order valence-corrected chi connectivity index (χ1v) is 7.75. The van der Waals surface area contributed by atoms with Crippen LogP contribution in [0, 0.1) is 0 Å². The van der Waals surface area contributed by atoms with Crippen molar-refractivity contribution < 1.29 is 24.5 Å². The van der Waals surface area contributed by atoms with Gasteiger partial charge < -0.3 is 14.9 Å². The first-order valence-electron chi connectivity index (χ1n) is 7.75. The van der Waals surface area contributed by atoms with E-state index in [0.717, 1.165) is 22.3 Å². The SMILES string of the molecule is O=C(O)CCC(=O)OCc1ccc(-c2ccc(CCO)cc2)cc1. The van der Waals surface area contributed by atoms with Crippen LogP contribution in [0.5, 0.6) is 0 Å². The highest BCUT2D eigenvalue weighted by Gasteiger charge is 2.07. The summed E-state index contributed by atoms with van der Waals surface area (Å²) < 4.78 is 5.04. The number of aliphatic hydroxyl groups is 1. The van der Waals surface area contributed by atoms with Crippen LogP contribution in [0.3, 0.4) is 0 Å². The number of ether oxygens (including phenoxy) is 1. The largest absolute Gasteiger partial charge is 0.481 e. The number of hydrogen-bond donors (Lipinski definition) is 2. The molecule has 24 heavy (non-hydrogen) atoms. The van der Waals surface area contributed by atoms with Crippen LogP contribution < -0.4 is 0 Å². The summed E-state index contributed by atoms with van der Waals surface area (Å²) in [5.41, 5.74) is 4.05. The van der Waals surface area contributed by atoms with Crippen LogP contribution >= 0.6 is 0 Å². The Hall–Kier alpha value is -2.66. The molecule has 0 bridgehead atoms. The Balaban J connectivity index is 1.90. The molecule has 2 aromatic carbocycles. The van der Waals surface area contributed by atoms with E-state index in [2.05, 4.69) is 0 Å². The summed E-state index contributed by atoms with van der Waals surface area (Å²) in [6, 6.07) is 15.6. The van der Waals surface area contributed by atoms with Crippen molar-refractivity contribution in [2.75, 3.05) is 6.61 Å². The minimum Gasteiger partial charge on any atom is -0.481 e. The Kier molecular flexibility index (Phi) is 6.51. The molecule has 0 aliphatic rings. The third-order valence-electron chi connectivity index (χ3n) is 3.58. The highest BCUT2D eigenvalue weighted by atomic mass is 16.5. The normalized spacial score (nSPS) is 10.4. The number of carbonyl (C=O) groups excluding carboxylic acids is 1. The molecule has 0 saturated carbocycles. The maximum atomic E-state index is 11.4. The molecule has 2 aromatic rings. The smallest absolute Gasteiger partial charge is 0.306 e. The van der Waals surface area contributed by atoms with Gasteiger partial charge in [0.05, 0.1) is 12.8 Å². The number of hydrogen-bond acceptors (Lipinski definition) is 4. The number of carboxylic acids is 1. The van der Waals surface area contributed by atoms with Crippen LogP contribution in [0.4, 0.5) is 0 Å². The summed E-state index contributed by atoms with van der Waals surface area (Å²) in [7, 11) is 0. The lowest BCUT2D eigenvalue weighted by Gasteiger charge is -2.07. The van der Waals surface area contributed by atoms with E-state index in [9.17, 15) is 9.59 Å². The first-order chi connectivity index (χ1) is 11.6. The van der Waals surface area contributed by atoms with E-state index in [0.29, 0.717) is 6.42 Å². The lowest BCUT2D eigenvalue weighted by atomic mass is 10.0. The highest BCUT2D eigenvalue weighted by molar-refractivity contribution is 5.76. The number of benzene rings is 2. The van der Waals surface area contributed by atoms with Gasteiger partial charge in [-0.05, 0) is 28.7 Å². The number of esters is 1. The summed E-state index contributed by atoms with van der Waals surface area (Å²) in [4.78, 5) is 21.8. The molecule has 0 aromatic heterocycles. The van der Waals surface area contributed by atoms with Crippen LogP contribution in [-0.4, -0.2) is 28.8 Å². The molecule has 5 heteroatoms. The fraction of sp³-hybridized carbons (Fsp3) is 0.263. The molecule has 5 nitrogen and oxygen atoms in total. The van der Waals surface area contributed by atoms with Crippen molar-refractivity contribution >= 4 is 11.9 Å². The second kappa shape index (κ2) is 8.84. The van der Waals surface area contributed by atoms with Crippen LogP contribution in [-0.2, 0) is 27.4 Å². The number of aliphatic hydroxyl groups excluding tert-OH is 1. The molecule has 2 rings (SSSR count). The molecule has 0 radical (unpaired) electrons. The van der Waals surface area contributed by atoms with Gasteiger partial charge in [0.15, 0.2) is 0 Å². The second-order valence-corrected chi connectivity index (χ2v) is 5.42. The summed E-state index contributed by atoms with van der Waals surface area (Å²) in [5.74, 6) is -1.53.